The van der Waals surface area contributed by atoms with Crippen LogP contribution in [-0.4, -0.2) is 9.70 Å². The van der Waals surface area contributed by atoms with Crippen LogP contribution in [-0.2, 0) is 17.6 Å². The van der Waals surface area contributed by atoms with Crippen molar-refractivity contribution in [3.63, 3.8) is 0 Å². The molecule has 0 radical (unpaired) electrons. The van der Waals surface area contributed by atoms with E-state index < -0.39 is 21.4 Å². The standard InChI is InChI=1S/C16H11Cl3F3NO2/c17-15(18,19)14(24)23-12-3-1-2-4-13(12)25-9-10-5-7-11(8-6-10)16(20,21)22/h1-8H,9H2,(H,23,24). The van der Waals surface area contributed by atoms with Gasteiger partial charge in [-0.1, -0.05) is 59.1 Å². The van der Waals surface area contributed by atoms with Gasteiger partial charge < -0.3 is 10.1 Å². The summed E-state index contributed by atoms with van der Waals surface area (Å²) in [5.41, 5.74) is 0.0489. The number of hydrogen-bond donors (Lipinski definition) is 1. The first-order chi connectivity index (χ1) is 11.6. The fourth-order valence-corrected chi connectivity index (χ4v) is 1.98. The minimum Gasteiger partial charge on any atom is -0.487 e. The third kappa shape index (κ3) is 5.70. The van der Waals surface area contributed by atoms with Crippen LogP contribution in [0.25, 0.3) is 0 Å². The molecule has 1 N–H and O–H groups in total. The van der Waals surface area contributed by atoms with Crippen molar-refractivity contribution in [2.45, 2.75) is 16.6 Å². The molecule has 0 saturated carbocycles. The Morgan fingerprint density at radius 3 is 2.16 bits per heavy atom. The summed E-state index contributed by atoms with van der Waals surface area (Å²) in [7, 11) is 0. The highest BCUT2D eigenvalue weighted by Gasteiger charge is 2.31. The number of ether oxygens (including phenoxy) is 1. The fraction of sp³-hybridized carbons (Fsp3) is 0.188. The van der Waals surface area contributed by atoms with E-state index in [1.54, 1.807) is 18.2 Å². The molecule has 2 aromatic carbocycles. The number of anilines is 1. The predicted molar refractivity (Wildman–Crippen MR) is 91.1 cm³/mol. The van der Waals surface area contributed by atoms with Crippen molar-refractivity contribution < 1.29 is 22.7 Å². The van der Waals surface area contributed by atoms with Crippen LogP contribution in [0.2, 0.25) is 0 Å². The molecule has 2 aromatic rings. The van der Waals surface area contributed by atoms with Gasteiger partial charge in [0.1, 0.15) is 12.4 Å². The van der Waals surface area contributed by atoms with E-state index in [9.17, 15) is 18.0 Å². The van der Waals surface area contributed by atoms with Gasteiger partial charge in [0.25, 0.3) is 9.70 Å². The first-order valence-electron chi connectivity index (χ1n) is 6.83. The van der Waals surface area contributed by atoms with Gasteiger partial charge in [-0.15, -0.1) is 0 Å². The molecule has 0 spiro atoms. The molecule has 0 saturated heterocycles. The average molecular weight is 413 g/mol. The van der Waals surface area contributed by atoms with Crippen LogP contribution >= 0.6 is 34.8 Å². The van der Waals surface area contributed by atoms with E-state index in [4.69, 9.17) is 39.5 Å². The van der Waals surface area contributed by atoms with Crippen LogP contribution in [0.3, 0.4) is 0 Å². The molecule has 3 nitrogen and oxygen atoms in total. The van der Waals surface area contributed by atoms with Crippen molar-refractivity contribution in [2.75, 3.05) is 5.32 Å². The highest BCUT2D eigenvalue weighted by Crippen LogP contribution is 2.32. The van der Waals surface area contributed by atoms with E-state index in [2.05, 4.69) is 5.32 Å². The zero-order valence-electron chi connectivity index (χ0n) is 12.4. The number of carbonyl (C=O) groups is 1. The number of benzene rings is 2. The van der Waals surface area contributed by atoms with Gasteiger partial charge in [0.2, 0.25) is 0 Å². The second kappa shape index (κ2) is 7.72. The molecule has 134 valence electrons. The van der Waals surface area contributed by atoms with Crippen molar-refractivity contribution in [1.82, 2.24) is 0 Å². The van der Waals surface area contributed by atoms with Crippen LogP contribution in [0.4, 0.5) is 18.9 Å². The molecule has 25 heavy (non-hydrogen) atoms. The minimum absolute atomic E-state index is 0.00120. The Labute approximate surface area is 156 Å². The Balaban J connectivity index is 2.07. The summed E-state index contributed by atoms with van der Waals surface area (Å²) in [5, 5.41) is 2.41. The molecule has 1 amide bonds. The zero-order chi connectivity index (χ0) is 18.7. The van der Waals surface area contributed by atoms with Gasteiger partial charge in [0.05, 0.1) is 11.3 Å². The summed E-state index contributed by atoms with van der Waals surface area (Å²) < 4.78 is 41.0. The average Bonchev–Trinajstić information content (AvgIpc) is 2.52. The second-order valence-electron chi connectivity index (χ2n) is 4.93. The number of amides is 1. The maximum absolute atomic E-state index is 12.5. The molecule has 0 fully saturated rings. The number of rotatable bonds is 4. The third-order valence-electron chi connectivity index (χ3n) is 3.07. The first-order valence-corrected chi connectivity index (χ1v) is 7.97. The summed E-state index contributed by atoms with van der Waals surface area (Å²) in [6.07, 6.45) is -4.40. The molecule has 0 aliphatic rings. The van der Waals surface area contributed by atoms with Crippen molar-refractivity contribution in [2.24, 2.45) is 0 Å². The molecule has 0 heterocycles. The van der Waals surface area contributed by atoms with E-state index in [0.717, 1.165) is 12.1 Å². The van der Waals surface area contributed by atoms with E-state index in [-0.39, 0.29) is 18.0 Å². The Morgan fingerprint density at radius 2 is 1.60 bits per heavy atom. The van der Waals surface area contributed by atoms with Gasteiger partial charge in [-0.25, -0.2) is 0 Å². The minimum atomic E-state index is -4.40. The lowest BCUT2D eigenvalue weighted by Crippen LogP contribution is -2.27. The number of nitrogens with one attached hydrogen (secondary N) is 1. The van der Waals surface area contributed by atoms with Crippen LogP contribution in [0.5, 0.6) is 5.75 Å². The van der Waals surface area contributed by atoms with E-state index in [1.165, 1.54) is 18.2 Å². The smallest absolute Gasteiger partial charge is 0.416 e. The molecular weight excluding hydrogens is 402 g/mol. The Hall–Kier alpha value is -1.63. The lowest BCUT2D eigenvalue weighted by molar-refractivity contribution is -0.137. The molecule has 0 aliphatic carbocycles. The first kappa shape index (κ1) is 19.7. The number of para-hydroxylation sites is 2. The maximum Gasteiger partial charge on any atom is 0.416 e. The topological polar surface area (TPSA) is 38.3 Å². The second-order valence-corrected chi connectivity index (χ2v) is 7.21. The molecule has 9 heteroatoms. The molecule has 0 aliphatic heterocycles. The normalized spacial score (nSPS) is 11.9. The van der Waals surface area contributed by atoms with Crippen LogP contribution in [0, 0.1) is 0 Å². The molecule has 2 rings (SSSR count). The van der Waals surface area contributed by atoms with E-state index >= 15 is 0 Å². The monoisotopic (exact) mass is 411 g/mol. The quantitative estimate of drug-likeness (QED) is 0.665. The zero-order valence-corrected chi connectivity index (χ0v) is 14.7. The van der Waals surface area contributed by atoms with Crippen LogP contribution < -0.4 is 10.1 Å². The Kier molecular flexibility index (Phi) is 6.08. The SMILES string of the molecule is O=C(Nc1ccccc1OCc1ccc(C(F)(F)F)cc1)C(Cl)(Cl)Cl. The van der Waals surface area contributed by atoms with Crippen LogP contribution in [0.1, 0.15) is 11.1 Å². The number of alkyl halides is 6. The largest absolute Gasteiger partial charge is 0.487 e. The van der Waals surface area contributed by atoms with E-state index in [0.29, 0.717) is 5.56 Å². The van der Waals surface area contributed by atoms with Gasteiger partial charge in [0.15, 0.2) is 0 Å². The van der Waals surface area contributed by atoms with Gasteiger partial charge in [-0.05, 0) is 29.8 Å². The fourth-order valence-electron chi connectivity index (χ4n) is 1.84. The van der Waals surface area contributed by atoms with Crippen LogP contribution in [0.15, 0.2) is 48.5 Å². The summed E-state index contributed by atoms with van der Waals surface area (Å²) >= 11 is 16.5. The molecule has 0 bridgehead atoms. The van der Waals surface area contributed by atoms with Crippen molar-refractivity contribution >= 4 is 46.4 Å². The summed E-state index contributed by atoms with van der Waals surface area (Å²) in [5.74, 6) is -0.576. The predicted octanol–water partition coefficient (Wildman–Crippen LogP) is 5.59. The Bertz CT molecular complexity index is 744. The van der Waals surface area contributed by atoms with E-state index in [1.807, 2.05) is 0 Å². The number of hydrogen-bond acceptors (Lipinski definition) is 2. The highest BCUT2D eigenvalue weighted by molar-refractivity contribution is 6.76. The maximum atomic E-state index is 12.5. The third-order valence-corrected chi connectivity index (χ3v) is 3.58. The summed E-state index contributed by atoms with van der Waals surface area (Å²) in [6, 6.07) is 11.0. The molecular formula is C16H11Cl3F3NO2. The molecule has 0 atom stereocenters. The van der Waals surface area contributed by atoms with Crippen molar-refractivity contribution in [3.8, 4) is 5.75 Å². The van der Waals surface area contributed by atoms with Crippen molar-refractivity contribution in [3.05, 3.63) is 59.7 Å². The lowest BCUT2D eigenvalue weighted by atomic mass is 10.1. The highest BCUT2D eigenvalue weighted by atomic mass is 35.6. The number of carbonyl (C=O) groups excluding carboxylic acids is 1. The molecule has 0 unspecified atom stereocenters. The summed E-state index contributed by atoms with van der Waals surface area (Å²) in [6.45, 7) is -0.00120. The Morgan fingerprint density at radius 1 is 1.00 bits per heavy atom. The summed E-state index contributed by atoms with van der Waals surface area (Å²) in [4.78, 5) is 11.7. The molecule has 0 aromatic heterocycles. The van der Waals surface area contributed by atoms with Crippen molar-refractivity contribution in [1.29, 1.82) is 0 Å². The van der Waals surface area contributed by atoms with Gasteiger partial charge in [0, 0.05) is 0 Å². The number of halogens is 6. The van der Waals surface area contributed by atoms with Gasteiger partial charge >= 0.3 is 6.18 Å². The van der Waals surface area contributed by atoms with Gasteiger partial charge in [-0.2, -0.15) is 13.2 Å². The van der Waals surface area contributed by atoms with Gasteiger partial charge in [-0.3, -0.25) is 4.79 Å². The lowest BCUT2D eigenvalue weighted by Gasteiger charge is -2.15.